The van der Waals surface area contributed by atoms with Crippen LogP contribution in [0.3, 0.4) is 0 Å². The molecule has 1 amide bonds. The van der Waals surface area contributed by atoms with E-state index in [9.17, 15) is 10.1 Å². The van der Waals surface area contributed by atoms with Crippen molar-refractivity contribution < 1.29 is 18.0 Å². The summed E-state index contributed by atoms with van der Waals surface area (Å²) in [6, 6.07) is 13.3. The molecule has 4 aromatic rings. The quantitative estimate of drug-likeness (QED) is 0.420. The smallest absolute Gasteiger partial charge is 0.239 e. The SMILES string of the molecule is Cc1c(C#N)c(NC(=O)CN(Cc2ccco2)Cc2ccco2)n(Cc2ccco2)c1C. The molecule has 0 unspecified atom stereocenters. The van der Waals surface area contributed by atoms with Gasteiger partial charge in [-0.25, -0.2) is 0 Å². The van der Waals surface area contributed by atoms with Gasteiger partial charge >= 0.3 is 0 Å². The van der Waals surface area contributed by atoms with E-state index in [-0.39, 0.29) is 12.5 Å². The lowest BCUT2D eigenvalue weighted by Gasteiger charge is -2.20. The molecule has 0 aromatic carbocycles. The van der Waals surface area contributed by atoms with E-state index in [4.69, 9.17) is 13.3 Å². The van der Waals surface area contributed by atoms with Gasteiger partial charge in [0.15, 0.2) is 0 Å². The van der Waals surface area contributed by atoms with Gasteiger partial charge in [0.2, 0.25) is 5.91 Å². The summed E-state index contributed by atoms with van der Waals surface area (Å²) in [5.74, 6) is 2.46. The first-order valence-electron chi connectivity index (χ1n) is 10.2. The predicted molar refractivity (Wildman–Crippen MR) is 117 cm³/mol. The van der Waals surface area contributed by atoms with Crippen molar-refractivity contribution in [1.82, 2.24) is 9.47 Å². The third kappa shape index (κ3) is 4.68. The molecular weight excluding hydrogens is 408 g/mol. The highest BCUT2D eigenvalue weighted by molar-refractivity contribution is 5.93. The van der Waals surface area contributed by atoms with Gasteiger partial charge in [-0.3, -0.25) is 9.69 Å². The van der Waals surface area contributed by atoms with Crippen molar-refractivity contribution >= 4 is 11.7 Å². The molecule has 0 saturated carbocycles. The Balaban J connectivity index is 1.55. The van der Waals surface area contributed by atoms with E-state index in [1.54, 1.807) is 18.8 Å². The molecule has 4 heterocycles. The second-order valence-electron chi connectivity index (χ2n) is 7.56. The predicted octanol–water partition coefficient (Wildman–Crippen LogP) is 4.44. The molecule has 0 fully saturated rings. The molecule has 0 aliphatic rings. The number of hydrogen-bond acceptors (Lipinski definition) is 6. The minimum atomic E-state index is -0.238. The summed E-state index contributed by atoms with van der Waals surface area (Å²) in [7, 11) is 0. The van der Waals surface area contributed by atoms with Gasteiger partial charge < -0.3 is 23.1 Å². The number of nitrogens with zero attached hydrogens (tertiary/aromatic N) is 3. The van der Waals surface area contributed by atoms with Crippen molar-refractivity contribution in [1.29, 1.82) is 5.26 Å². The van der Waals surface area contributed by atoms with Gasteiger partial charge in [-0.15, -0.1) is 0 Å². The topological polar surface area (TPSA) is 100 Å². The Morgan fingerprint density at radius 1 is 1.00 bits per heavy atom. The second kappa shape index (κ2) is 9.45. The molecule has 8 heteroatoms. The Morgan fingerprint density at radius 2 is 1.56 bits per heavy atom. The van der Waals surface area contributed by atoms with Gasteiger partial charge in [0.05, 0.1) is 50.5 Å². The highest BCUT2D eigenvalue weighted by Gasteiger charge is 2.22. The van der Waals surface area contributed by atoms with Crippen molar-refractivity contribution in [3.8, 4) is 6.07 Å². The van der Waals surface area contributed by atoms with E-state index in [0.29, 0.717) is 31.0 Å². The van der Waals surface area contributed by atoms with Crippen LogP contribution in [0.2, 0.25) is 0 Å². The number of hydrogen-bond donors (Lipinski definition) is 1. The maximum atomic E-state index is 13.1. The lowest BCUT2D eigenvalue weighted by Crippen LogP contribution is -2.33. The van der Waals surface area contributed by atoms with E-state index in [0.717, 1.165) is 28.5 Å². The number of furan rings is 3. The van der Waals surface area contributed by atoms with E-state index in [2.05, 4.69) is 11.4 Å². The van der Waals surface area contributed by atoms with E-state index in [1.165, 1.54) is 0 Å². The van der Waals surface area contributed by atoms with Gasteiger partial charge in [0.1, 0.15) is 29.2 Å². The number of anilines is 1. The van der Waals surface area contributed by atoms with E-state index >= 15 is 0 Å². The van der Waals surface area contributed by atoms with Crippen LogP contribution >= 0.6 is 0 Å². The summed E-state index contributed by atoms with van der Waals surface area (Å²) in [4.78, 5) is 15.0. The van der Waals surface area contributed by atoms with Crippen LogP contribution in [0, 0.1) is 25.2 Å². The largest absolute Gasteiger partial charge is 0.468 e. The van der Waals surface area contributed by atoms with Crippen molar-refractivity contribution in [2.45, 2.75) is 33.5 Å². The average Bonchev–Trinajstić information content (AvgIpc) is 3.56. The van der Waals surface area contributed by atoms with Crippen LogP contribution < -0.4 is 5.32 Å². The summed E-state index contributed by atoms with van der Waals surface area (Å²) >= 11 is 0. The van der Waals surface area contributed by atoms with Crippen LogP contribution in [0.25, 0.3) is 0 Å². The lowest BCUT2D eigenvalue weighted by molar-refractivity contribution is -0.117. The number of carbonyl (C=O) groups excluding carboxylic acids is 1. The molecule has 164 valence electrons. The average molecular weight is 432 g/mol. The normalized spacial score (nSPS) is 11.1. The van der Waals surface area contributed by atoms with Gasteiger partial charge in [-0.05, 0) is 55.8 Å². The number of nitrogens with one attached hydrogen (secondary N) is 1. The summed E-state index contributed by atoms with van der Waals surface area (Å²) in [5.41, 5.74) is 2.18. The molecule has 0 aliphatic heterocycles. The Kier molecular flexibility index (Phi) is 6.29. The lowest BCUT2D eigenvalue weighted by atomic mass is 10.2. The second-order valence-corrected chi connectivity index (χ2v) is 7.56. The van der Waals surface area contributed by atoms with Crippen LogP contribution in [0.5, 0.6) is 0 Å². The fraction of sp³-hybridized carbons (Fsp3) is 0.250. The Morgan fingerprint density at radius 3 is 2.06 bits per heavy atom. The molecule has 0 atom stereocenters. The first kappa shape index (κ1) is 21.3. The molecule has 1 N–H and O–H groups in total. The minimum Gasteiger partial charge on any atom is -0.468 e. The van der Waals surface area contributed by atoms with Crippen LogP contribution in [0.4, 0.5) is 5.82 Å². The number of carbonyl (C=O) groups is 1. The van der Waals surface area contributed by atoms with Crippen molar-refractivity contribution in [3.05, 3.63) is 89.3 Å². The zero-order valence-corrected chi connectivity index (χ0v) is 18.0. The highest BCUT2D eigenvalue weighted by Crippen LogP contribution is 2.27. The number of amides is 1. The van der Waals surface area contributed by atoms with Gasteiger partial charge in [-0.1, -0.05) is 0 Å². The fourth-order valence-corrected chi connectivity index (χ4v) is 3.67. The monoisotopic (exact) mass is 432 g/mol. The zero-order valence-electron chi connectivity index (χ0n) is 18.0. The summed E-state index contributed by atoms with van der Waals surface area (Å²) in [6.45, 7) is 5.20. The first-order valence-corrected chi connectivity index (χ1v) is 10.2. The van der Waals surface area contributed by atoms with Crippen LogP contribution in [-0.2, 0) is 24.4 Å². The van der Waals surface area contributed by atoms with Crippen LogP contribution in [-0.4, -0.2) is 21.9 Å². The minimum absolute atomic E-state index is 0.0935. The third-order valence-electron chi connectivity index (χ3n) is 5.38. The van der Waals surface area contributed by atoms with Gasteiger partial charge in [-0.2, -0.15) is 5.26 Å². The Labute approximate surface area is 185 Å². The van der Waals surface area contributed by atoms with Crippen LogP contribution in [0.1, 0.15) is 34.1 Å². The van der Waals surface area contributed by atoms with Crippen molar-refractivity contribution in [3.63, 3.8) is 0 Å². The Bertz CT molecular complexity index is 1160. The van der Waals surface area contributed by atoms with Crippen molar-refractivity contribution in [2.24, 2.45) is 0 Å². The van der Waals surface area contributed by atoms with Crippen molar-refractivity contribution in [2.75, 3.05) is 11.9 Å². The van der Waals surface area contributed by atoms with E-state index < -0.39 is 0 Å². The van der Waals surface area contributed by atoms with Crippen LogP contribution in [0.15, 0.2) is 68.4 Å². The molecule has 0 bridgehead atoms. The highest BCUT2D eigenvalue weighted by atomic mass is 16.3. The first-order chi connectivity index (χ1) is 15.5. The zero-order chi connectivity index (χ0) is 22.5. The Hall–Kier alpha value is -3.96. The molecule has 0 radical (unpaired) electrons. The number of aromatic nitrogens is 1. The summed E-state index contributed by atoms with van der Waals surface area (Å²) < 4.78 is 18.3. The van der Waals surface area contributed by atoms with E-state index in [1.807, 2.05) is 59.7 Å². The maximum absolute atomic E-state index is 13.1. The molecule has 0 aliphatic carbocycles. The molecule has 0 spiro atoms. The third-order valence-corrected chi connectivity index (χ3v) is 5.38. The number of nitriles is 1. The summed E-state index contributed by atoms with van der Waals surface area (Å²) in [5, 5.41) is 12.7. The molecule has 8 nitrogen and oxygen atoms in total. The fourth-order valence-electron chi connectivity index (χ4n) is 3.67. The van der Waals surface area contributed by atoms with Gasteiger partial charge in [0, 0.05) is 5.69 Å². The molecule has 4 aromatic heterocycles. The maximum Gasteiger partial charge on any atom is 0.239 e. The molecule has 0 saturated heterocycles. The van der Waals surface area contributed by atoms with Gasteiger partial charge in [0.25, 0.3) is 0 Å². The number of rotatable bonds is 9. The molecular formula is C24H24N4O4. The standard InChI is InChI=1S/C24H24N4O4/c1-17-18(2)28(15-21-8-5-11-32-21)24(22(17)12-25)26-23(29)16-27(13-19-6-3-9-30-19)14-20-7-4-10-31-20/h3-11H,13-16H2,1-2H3,(H,26,29). The summed E-state index contributed by atoms with van der Waals surface area (Å²) in [6.07, 6.45) is 4.81. The molecule has 32 heavy (non-hydrogen) atoms. The molecule has 4 rings (SSSR count).